The minimum Gasteiger partial charge on any atom is -0.495 e. The van der Waals surface area contributed by atoms with Crippen molar-refractivity contribution in [1.82, 2.24) is 9.46 Å². The Hall–Kier alpha value is -3.21. The summed E-state index contributed by atoms with van der Waals surface area (Å²) in [5.74, 6) is -0.937. The van der Waals surface area contributed by atoms with Gasteiger partial charge in [-0.25, -0.2) is 12.8 Å². The summed E-state index contributed by atoms with van der Waals surface area (Å²) in [6.45, 7) is 1.75. The molecule has 0 aliphatic carbocycles. The zero-order chi connectivity index (χ0) is 25.9. The van der Waals surface area contributed by atoms with Gasteiger partial charge in [-0.2, -0.15) is 4.31 Å². The predicted octanol–water partition coefficient (Wildman–Crippen LogP) is 4.99. The summed E-state index contributed by atoms with van der Waals surface area (Å²) in [6, 6.07) is 11.0. The number of anilines is 1. The summed E-state index contributed by atoms with van der Waals surface area (Å²) >= 11 is 6.05. The summed E-state index contributed by atoms with van der Waals surface area (Å²) in [4.78, 5) is 12.9. The van der Waals surface area contributed by atoms with E-state index in [1.54, 1.807) is 36.4 Å². The molecule has 1 aliphatic rings. The third-order valence-electron chi connectivity index (χ3n) is 5.92. The van der Waals surface area contributed by atoms with Gasteiger partial charge in [-0.05, 0) is 56.2 Å². The Morgan fingerprint density at radius 1 is 1.28 bits per heavy atom. The van der Waals surface area contributed by atoms with Crippen LogP contribution in [0.15, 0.2) is 51.9 Å². The maximum absolute atomic E-state index is 14.0. The summed E-state index contributed by atoms with van der Waals surface area (Å²) < 4.78 is 53.0. The van der Waals surface area contributed by atoms with Crippen molar-refractivity contribution in [1.29, 1.82) is 0 Å². The van der Waals surface area contributed by atoms with Crippen molar-refractivity contribution in [3.63, 3.8) is 0 Å². The lowest BCUT2D eigenvalue weighted by molar-refractivity contribution is -0.120. The largest absolute Gasteiger partial charge is 0.495 e. The van der Waals surface area contributed by atoms with E-state index in [1.807, 2.05) is 0 Å². The summed E-state index contributed by atoms with van der Waals surface area (Å²) in [7, 11) is -2.57. The van der Waals surface area contributed by atoms with E-state index in [4.69, 9.17) is 20.9 Å². The lowest BCUT2D eigenvalue weighted by atomic mass is 9.98. The SMILES string of the molecule is COc1ccc(Cl)cc1NC(=O)C1CCCN(S(=O)(=O)c2c(C)noc2/C=C/c2ccccc2F)C1. The number of ether oxygens (including phenoxy) is 1. The normalized spacial score (nSPS) is 16.8. The van der Waals surface area contributed by atoms with Crippen LogP contribution in [0.25, 0.3) is 12.2 Å². The molecule has 8 nitrogen and oxygen atoms in total. The number of hydrogen-bond donors (Lipinski definition) is 1. The highest BCUT2D eigenvalue weighted by molar-refractivity contribution is 7.89. The fourth-order valence-electron chi connectivity index (χ4n) is 4.09. The molecule has 1 N–H and O–H groups in total. The molecule has 0 spiro atoms. The summed E-state index contributed by atoms with van der Waals surface area (Å²) in [6.07, 6.45) is 3.82. The second kappa shape index (κ2) is 10.8. The molecule has 1 atom stereocenters. The van der Waals surface area contributed by atoms with Gasteiger partial charge in [-0.3, -0.25) is 4.79 Å². The van der Waals surface area contributed by atoms with E-state index in [9.17, 15) is 17.6 Å². The van der Waals surface area contributed by atoms with Gasteiger partial charge in [0.1, 0.15) is 17.3 Å². The van der Waals surface area contributed by atoms with Crippen molar-refractivity contribution in [3.05, 3.63) is 70.3 Å². The smallest absolute Gasteiger partial charge is 0.248 e. The van der Waals surface area contributed by atoms with Crippen LogP contribution < -0.4 is 10.1 Å². The first kappa shape index (κ1) is 25.9. The molecule has 1 unspecified atom stereocenters. The van der Waals surface area contributed by atoms with Gasteiger partial charge in [0, 0.05) is 23.7 Å². The Labute approximate surface area is 213 Å². The van der Waals surface area contributed by atoms with E-state index in [0.717, 1.165) is 0 Å². The number of hydrogen-bond acceptors (Lipinski definition) is 6. The number of amides is 1. The molecule has 1 fully saturated rings. The van der Waals surface area contributed by atoms with E-state index < -0.39 is 21.8 Å². The van der Waals surface area contributed by atoms with Gasteiger partial charge in [-0.1, -0.05) is 35.0 Å². The fourth-order valence-corrected chi connectivity index (χ4v) is 6.04. The molecule has 2 aromatic carbocycles. The first-order chi connectivity index (χ1) is 17.2. The molecule has 1 saturated heterocycles. The number of sulfonamides is 1. The quantitative estimate of drug-likeness (QED) is 0.459. The van der Waals surface area contributed by atoms with Gasteiger partial charge in [0.25, 0.3) is 0 Å². The Balaban J connectivity index is 1.55. The molecule has 1 amide bonds. The monoisotopic (exact) mass is 533 g/mol. The Bertz CT molecular complexity index is 1410. The van der Waals surface area contributed by atoms with E-state index in [0.29, 0.717) is 29.3 Å². The number of halogens is 2. The molecule has 190 valence electrons. The number of rotatable bonds is 7. The highest BCUT2D eigenvalue weighted by Gasteiger charge is 2.37. The molecule has 11 heteroatoms. The highest BCUT2D eigenvalue weighted by Crippen LogP contribution is 2.32. The lowest BCUT2D eigenvalue weighted by Gasteiger charge is -2.31. The van der Waals surface area contributed by atoms with Crippen molar-refractivity contribution < 1.29 is 26.9 Å². The second-order valence-corrected chi connectivity index (χ2v) is 10.7. The number of nitrogens with one attached hydrogen (secondary N) is 1. The molecule has 4 rings (SSSR count). The lowest BCUT2D eigenvalue weighted by Crippen LogP contribution is -2.43. The number of aryl methyl sites for hydroxylation is 1. The van der Waals surface area contributed by atoms with Crippen molar-refractivity contribution in [2.75, 3.05) is 25.5 Å². The second-order valence-electron chi connectivity index (χ2n) is 8.35. The zero-order valence-electron chi connectivity index (χ0n) is 19.7. The Morgan fingerprint density at radius 2 is 2.06 bits per heavy atom. The molecular weight excluding hydrogens is 509 g/mol. The van der Waals surface area contributed by atoms with E-state index in [2.05, 4.69) is 10.5 Å². The summed E-state index contributed by atoms with van der Waals surface area (Å²) in [5, 5.41) is 7.04. The molecule has 0 saturated carbocycles. The maximum Gasteiger partial charge on any atom is 0.248 e. The Morgan fingerprint density at radius 3 is 2.81 bits per heavy atom. The van der Waals surface area contributed by atoms with Crippen LogP contribution in [-0.2, 0) is 14.8 Å². The molecule has 2 heterocycles. The first-order valence-corrected chi connectivity index (χ1v) is 13.1. The molecule has 3 aromatic rings. The molecule has 0 radical (unpaired) electrons. The number of methoxy groups -OCH3 is 1. The van der Waals surface area contributed by atoms with E-state index in [1.165, 1.54) is 36.6 Å². The van der Waals surface area contributed by atoms with Crippen molar-refractivity contribution >= 4 is 45.4 Å². The van der Waals surface area contributed by atoms with Crippen LogP contribution in [0, 0.1) is 18.7 Å². The molecule has 0 bridgehead atoms. The molecular formula is C25H25ClFN3O5S. The predicted molar refractivity (Wildman–Crippen MR) is 135 cm³/mol. The van der Waals surface area contributed by atoms with Crippen LogP contribution in [0.4, 0.5) is 10.1 Å². The number of nitrogens with zero attached hydrogens (tertiary/aromatic N) is 2. The minimum absolute atomic E-state index is 0.00834. The maximum atomic E-state index is 14.0. The van der Waals surface area contributed by atoms with Crippen LogP contribution in [0.2, 0.25) is 5.02 Å². The van der Waals surface area contributed by atoms with Gasteiger partial charge in [-0.15, -0.1) is 0 Å². The van der Waals surface area contributed by atoms with Gasteiger partial charge in [0.05, 0.1) is 18.7 Å². The van der Waals surface area contributed by atoms with Crippen molar-refractivity contribution in [2.24, 2.45) is 5.92 Å². The van der Waals surface area contributed by atoms with Gasteiger partial charge in [0.2, 0.25) is 15.9 Å². The van der Waals surface area contributed by atoms with Gasteiger partial charge < -0.3 is 14.6 Å². The average Bonchev–Trinajstić information content (AvgIpc) is 3.24. The number of carbonyl (C=O) groups excluding carboxylic acids is 1. The van der Waals surface area contributed by atoms with E-state index in [-0.39, 0.29) is 40.9 Å². The van der Waals surface area contributed by atoms with Crippen LogP contribution in [-0.4, -0.2) is 44.0 Å². The van der Waals surface area contributed by atoms with Crippen LogP contribution in [0.3, 0.4) is 0 Å². The first-order valence-electron chi connectivity index (χ1n) is 11.2. The van der Waals surface area contributed by atoms with Crippen molar-refractivity contribution in [3.8, 4) is 5.75 Å². The third-order valence-corrected chi connectivity index (χ3v) is 8.18. The van der Waals surface area contributed by atoms with Crippen LogP contribution in [0.1, 0.15) is 29.9 Å². The number of carbonyl (C=O) groups is 1. The standard InChI is InChI=1S/C25H25ClFN3O5S/c1-16-24(23(35-29-16)11-9-17-6-3-4-8-20(17)27)36(32,33)30-13-5-7-18(15-30)25(31)28-21-14-19(26)10-12-22(21)34-2/h3-4,6,8-12,14,18H,5,7,13,15H2,1-2H3,(H,28,31)/b11-9+. The van der Waals surface area contributed by atoms with Crippen LogP contribution >= 0.6 is 11.6 Å². The number of aromatic nitrogens is 1. The molecule has 1 aromatic heterocycles. The van der Waals surface area contributed by atoms with Gasteiger partial charge in [0.15, 0.2) is 10.7 Å². The fraction of sp³-hybridized carbons (Fsp3) is 0.280. The van der Waals surface area contributed by atoms with Crippen molar-refractivity contribution in [2.45, 2.75) is 24.7 Å². The molecule has 1 aliphatic heterocycles. The number of piperidine rings is 1. The molecule has 36 heavy (non-hydrogen) atoms. The third kappa shape index (κ3) is 5.45. The van der Waals surface area contributed by atoms with Gasteiger partial charge >= 0.3 is 0 Å². The topological polar surface area (TPSA) is 102 Å². The van der Waals surface area contributed by atoms with E-state index >= 15 is 0 Å². The van der Waals surface area contributed by atoms with Crippen LogP contribution in [0.5, 0.6) is 5.75 Å². The number of benzene rings is 2. The highest BCUT2D eigenvalue weighted by atomic mass is 35.5. The minimum atomic E-state index is -4.05. The zero-order valence-corrected chi connectivity index (χ0v) is 21.3. The Kier molecular flexibility index (Phi) is 7.77. The summed E-state index contributed by atoms with van der Waals surface area (Å²) in [5.41, 5.74) is 0.866. The average molecular weight is 534 g/mol.